The van der Waals surface area contributed by atoms with E-state index in [-0.39, 0.29) is 0 Å². The number of oxazole rings is 1. The molecule has 1 aromatic heterocycles. The van der Waals surface area contributed by atoms with Crippen LogP contribution in [0.3, 0.4) is 0 Å². The van der Waals surface area contributed by atoms with Gasteiger partial charge in [-0.2, -0.15) is 0 Å². The lowest BCUT2D eigenvalue weighted by Crippen LogP contribution is -2.16. The molecular weight excluding hydrogens is 256 g/mol. The molecule has 0 saturated heterocycles. The molecule has 2 aromatic rings. The van der Waals surface area contributed by atoms with Gasteiger partial charge in [0.25, 0.3) is 0 Å². The van der Waals surface area contributed by atoms with Gasteiger partial charge in [0.15, 0.2) is 11.7 Å². The van der Waals surface area contributed by atoms with E-state index in [1.165, 1.54) is 0 Å². The Bertz CT molecular complexity index is 530. The van der Waals surface area contributed by atoms with Crippen molar-refractivity contribution < 1.29 is 13.9 Å². The highest BCUT2D eigenvalue weighted by molar-refractivity contribution is 5.61. The minimum Gasteiger partial charge on any atom is -0.497 e. The molecular formula is C15H20N2O3. The van der Waals surface area contributed by atoms with Gasteiger partial charge in [-0.05, 0) is 18.7 Å². The van der Waals surface area contributed by atoms with Gasteiger partial charge in [0.1, 0.15) is 11.5 Å². The molecule has 0 bridgehead atoms. The van der Waals surface area contributed by atoms with Crippen molar-refractivity contribution in [2.75, 3.05) is 27.3 Å². The third kappa shape index (κ3) is 3.51. The molecule has 0 atom stereocenters. The second-order valence-corrected chi connectivity index (χ2v) is 4.32. The molecule has 0 fully saturated rings. The van der Waals surface area contributed by atoms with E-state index in [2.05, 4.69) is 17.2 Å². The lowest BCUT2D eigenvalue weighted by atomic mass is 10.1. The Morgan fingerprint density at radius 3 is 2.45 bits per heavy atom. The van der Waals surface area contributed by atoms with Gasteiger partial charge in [-0.25, -0.2) is 4.98 Å². The summed E-state index contributed by atoms with van der Waals surface area (Å²) >= 11 is 0. The second-order valence-electron chi connectivity index (χ2n) is 4.32. The van der Waals surface area contributed by atoms with Gasteiger partial charge in [0.05, 0.1) is 20.4 Å². The zero-order chi connectivity index (χ0) is 14.4. The first kappa shape index (κ1) is 14.4. The fourth-order valence-corrected chi connectivity index (χ4v) is 1.88. The van der Waals surface area contributed by atoms with Gasteiger partial charge in [-0.3, -0.25) is 0 Å². The Morgan fingerprint density at radius 1 is 1.15 bits per heavy atom. The molecule has 1 N–H and O–H groups in total. The monoisotopic (exact) mass is 276 g/mol. The molecule has 20 heavy (non-hydrogen) atoms. The number of hydrogen-bond donors (Lipinski definition) is 1. The number of nitrogens with one attached hydrogen (secondary N) is 1. The molecule has 0 unspecified atom stereocenters. The summed E-state index contributed by atoms with van der Waals surface area (Å²) in [7, 11) is 3.25. The predicted octanol–water partition coefficient (Wildman–Crippen LogP) is 2.51. The molecule has 1 heterocycles. The Hall–Kier alpha value is -2.01. The molecule has 0 amide bonds. The van der Waals surface area contributed by atoms with E-state index in [1.807, 2.05) is 18.2 Å². The van der Waals surface area contributed by atoms with Gasteiger partial charge in [0, 0.05) is 24.6 Å². The van der Waals surface area contributed by atoms with Crippen LogP contribution in [0.5, 0.6) is 11.5 Å². The Balaban J connectivity index is 2.18. The van der Waals surface area contributed by atoms with Crippen LogP contribution in [-0.2, 0) is 6.42 Å². The first-order valence-corrected chi connectivity index (χ1v) is 6.65. The van der Waals surface area contributed by atoms with Crippen LogP contribution >= 0.6 is 0 Å². The van der Waals surface area contributed by atoms with Crippen LogP contribution in [0.1, 0.15) is 12.8 Å². The van der Waals surface area contributed by atoms with Crippen LogP contribution in [0.15, 0.2) is 28.8 Å². The van der Waals surface area contributed by atoms with Gasteiger partial charge in [-0.1, -0.05) is 6.92 Å². The van der Waals surface area contributed by atoms with Crippen LogP contribution in [0.2, 0.25) is 0 Å². The summed E-state index contributed by atoms with van der Waals surface area (Å²) in [6.07, 6.45) is 2.50. The molecule has 0 radical (unpaired) electrons. The van der Waals surface area contributed by atoms with Crippen LogP contribution in [0.4, 0.5) is 0 Å². The molecule has 5 nitrogen and oxygen atoms in total. The van der Waals surface area contributed by atoms with Crippen LogP contribution in [-0.4, -0.2) is 32.3 Å². The first-order chi connectivity index (χ1) is 9.76. The summed E-state index contributed by atoms with van der Waals surface area (Å²) in [4.78, 5) is 4.29. The van der Waals surface area contributed by atoms with E-state index in [4.69, 9.17) is 13.9 Å². The van der Waals surface area contributed by atoms with E-state index in [0.717, 1.165) is 42.5 Å². The molecule has 0 aliphatic heterocycles. The molecule has 0 saturated carbocycles. The fraction of sp³-hybridized carbons (Fsp3) is 0.400. The fourth-order valence-electron chi connectivity index (χ4n) is 1.88. The summed E-state index contributed by atoms with van der Waals surface area (Å²) in [6.45, 7) is 3.88. The van der Waals surface area contributed by atoms with Crippen molar-refractivity contribution in [3.05, 3.63) is 30.3 Å². The number of likely N-dealkylation sites (N-methyl/N-ethyl adjacent to an activating group) is 1. The molecule has 0 spiro atoms. The number of aromatic nitrogens is 1. The van der Waals surface area contributed by atoms with Crippen molar-refractivity contribution in [2.45, 2.75) is 13.3 Å². The van der Waals surface area contributed by atoms with E-state index in [9.17, 15) is 0 Å². The zero-order valence-corrected chi connectivity index (χ0v) is 12.1. The number of ether oxygens (including phenoxy) is 2. The van der Waals surface area contributed by atoms with Crippen molar-refractivity contribution in [1.29, 1.82) is 0 Å². The van der Waals surface area contributed by atoms with Crippen molar-refractivity contribution in [1.82, 2.24) is 10.3 Å². The van der Waals surface area contributed by atoms with Gasteiger partial charge in [-0.15, -0.1) is 0 Å². The number of rotatable bonds is 7. The van der Waals surface area contributed by atoms with Crippen molar-refractivity contribution in [3.8, 4) is 22.8 Å². The predicted molar refractivity (Wildman–Crippen MR) is 77.3 cm³/mol. The molecule has 0 aliphatic rings. The maximum Gasteiger partial charge on any atom is 0.196 e. The molecule has 5 heteroatoms. The van der Waals surface area contributed by atoms with Crippen LogP contribution in [0, 0.1) is 0 Å². The lowest BCUT2D eigenvalue weighted by Gasteiger charge is -2.06. The summed E-state index contributed by atoms with van der Waals surface area (Å²) in [5.74, 6) is 2.89. The second kappa shape index (κ2) is 6.96. The van der Waals surface area contributed by atoms with Crippen molar-refractivity contribution in [3.63, 3.8) is 0 Å². The van der Waals surface area contributed by atoms with E-state index >= 15 is 0 Å². The topological polar surface area (TPSA) is 56.5 Å². The Kier molecular flexibility index (Phi) is 5.01. The quantitative estimate of drug-likeness (QED) is 0.787. The third-order valence-corrected chi connectivity index (χ3v) is 2.96. The molecule has 2 rings (SSSR count). The number of methoxy groups -OCH3 is 2. The smallest absolute Gasteiger partial charge is 0.196 e. The standard InChI is InChI=1S/C15H20N2O3/c1-4-16-6-5-15-17-10-14(20-15)11-7-12(18-2)9-13(8-11)19-3/h7-10,16H,4-6H2,1-3H3. The minimum atomic E-state index is 0.716. The lowest BCUT2D eigenvalue weighted by molar-refractivity contribution is 0.394. The van der Waals surface area contributed by atoms with Gasteiger partial charge >= 0.3 is 0 Å². The summed E-state index contributed by atoms with van der Waals surface area (Å²) in [6, 6.07) is 5.63. The van der Waals surface area contributed by atoms with Gasteiger partial charge < -0.3 is 19.2 Å². The van der Waals surface area contributed by atoms with E-state index in [1.54, 1.807) is 20.4 Å². The maximum atomic E-state index is 5.75. The van der Waals surface area contributed by atoms with E-state index in [0.29, 0.717) is 5.76 Å². The maximum absolute atomic E-state index is 5.75. The normalized spacial score (nSPS) is 10.6. The van der Waals surface area contributed by atoms with Crippen LogP contribution in [0.25, 0.3) is 11.3 Å². The minimum absolute atomic E-state index is 0.716. The highest BCUT2D eigenvalue weighted by atomic mass is 16.5. The largest absolute Gasteiger partial charge is 0.497 e. The number of hydrogen-bond acceptors (Lipinski definition) is 5. The highest BCUT2D eigenvalue weighted by Crippen LogP contribution is 2.30. The molecule has 108 valence electrons. The average Bonchev–Trinajstić information content (AvgIpc) is 2.96. The SMILES string of the molecule is CCNCCc1ncc(-c2cc(OC)cc(OC)c2)o1. The van der Waals surface area contributed by atoms with Crippen molar-refractivity contribution in [2.24, 2.45) is 0 Å². The van der Waals surface area contributed by atoms with Crippen LogP contribution < -0.4 is 14.8 Å². The molecule has 0 aliphatic carbocycles. The summed E-state index contributed by atoms with van der Waals surface area (Å²) < 4.78 is 16.3. The number of benzene rings is 1. The Morgan fingerprint density at radius 2 is 1.85 bits per heavy atom. The zero-order valence-electron chi connectivity index (χ0n) is 12.1. The number of nitrogens with zero attached hydrogens (tertiary/aromatic N) is 1. The Labute approximate surface area is 118 Å². The van der Waals surface area contributed by atoms with Crippen molar-refractivity contribution >= 4 is 0 Å². The average molecular weight is 276 g/mol. The summed E-state index contributed by atoms with van der Waals surface area (Å²) in [5.41, 5.74) is 0.892. The first-order valence-electron chi connectivity index (χ1n) is 6.65. The highest BCUT2D eigenvalue weighted by Gasteiger charge is 2.09. The summed E-state index contributed by atoms with van der Waals surface area (Å²) in [5, 5.41) is 3.24. The van der Waals surface area contributed by atoms with Gasteiger partial charge in [0.2, 0.25) is 0 Å². The third-order valence-electron chi connectivity index (χ3n) is 2.96. The van der Waals surface area contributed by atoms with E-state index < -0.39 is 0 Å². The molecule has 1 aromatic carbocycles.